The fourth-order valence-electron chi connectivity index (χ4n) is 3.28. The standard InChI is InChI=1S/C19H21FN2O3S/c20-14-8-6-13(7-9-14)18(16-5-3-11-26-16)21-17(23)12-22-10-2-1-4-15(22)19(24)25/h3,5-9,11,15,18H,1-2,4,10,12H2,(H,21,23)(H,24,25). The summed E-state index contributed by atoms with van der Waals surface area (Å²) in [7, 11) is 0. The fraction of sp³-hybridized carbons (Fsp3) is 0.368. The number of likely N-dealkylation sites (tertiary alicyclic amines) is 1. The molecule has 7 heteroatoms. The van der Waals surface area contributed by atoms with Crippen LogP contribution in [-0.2, 0) is 9.59 Å². The van der Waals surface area contributed by atoms with Crippen LogP contribution in [0.3, 0.4) is 0 Å². The maximum Gasteiger partial charge on any atom is 0.320 e. The van der Waals surface area contributed by atoms with Crippen LogP contribution in [0.1, 0.15) is 35.7 Å². The predicted octanol–water partition coefficient (Wildman–Crippen LogP) is 3.03. The molecule has 1 fully saturated rings. The number of hydrogen-bond acceptors (Lipinski definition) is 4. The van der Waals surface area contributed by atoms with E-state index < -0.39 is 12.0 Å². The Balaban J connectivity index is 1.73. The van der Waals surface area contributed by atoms with Gasteiger partial charge in [-0.05, 0) is 48.5 Å². The highest BCUT2D eigenvalue weighted by molar-refractivity contribution is 7.10. The number of carbonyl (C=O) groups is 2. The Morgan fingerprint density at radius 2 is 2.04 bits per heavy atom. The fourth-order valence-corrected chi connectivity index (χ4v) is 4.08. The molecule has 0 spiro atoms. The molecule has 1 aromatic carbocycles. The molecule has 0 saturated carbocycles. The second-order valence-electron chi connectivity index (χ2n) is 6.39. The molecule has 138 valence electrons. The van der Waals surface area contributed by atoms with Crippen molar-refractivity contribution in [2.45, 2.75) is 31.3 Å². The van der Waals surface area contributed by atoms with Crippen molar-refractivity contribution < 1.29 is 19.1 Å². The van der Waals surface area contributed by atoms with Gasteiger partial charge in [0.2, 0.25) is 5.91 Å². The van der Waals surface area contributed by atoms with Gasteiger partial charge in [-0.25, -0.2) is 4.39 Å². The number of amides is 1. The number of halogens is 1. The van der Waals surface area contributed by atoms with E-state index in [1.165, 1.54) is 23.5 Å². The molecule has 2 N–H and O–H groups in total. The van der Waals surface area contributed by atoms with Crippen molar-refractivity contribution in [3.8, 4) is 0 Å². The largest absolute Gasteiger partial charge is 0.480 e. The molecule has 2 aromatic rings. The number of hydrogen-bond donors (Lipinski definition) is 2. The van der Waals surface area contributed by atoms with Gasteiger partial charge in [-0.1, -0.05) is 24.6 Å². The third kappa shape index (κ3) is 4.47. The summed E-state index contributed by atoms with van der Waals surface area (Å²) >= 11 is 1.51. The number of nitrogens with zero attached hydrogens (tertiary/aromatic N) is 1. The monoisotopic (exact) mass is 376 g/mol. The average molecular weight is 376 g/mol. The van der Waals surface area contributed by atoms with Gasteiger partial charge in [-0.3, -0.25) is 14.5 Å². The molecular formula is C19H21FN2O3S. The summed E-state index contributed by atoms with van der Waals surface area (Å²) in [6, 6.07) is 8.87. The lowest BCUT2D eigenvalue weighted by molar-refractivity contribution is -0.145. The van der Waals surface area contributed by atoms with Crippen molar-refractivity contribution in [2.24, 2.45) is 0 Å². The van der Waals surface area contributed by atoms with Gasteiger partial charge in [0.25, 0.3) is 0 Å². The maximum absolute atomic E-state index is 13.2. The lowest BCUT2D eigenvalue weighted by Crippen LogP contribution is -2.49. The second kappa shape index (κ2) is 8.42. The smallest absolute Gasteiger partial charge is 0.320 e. The zero-order valence-corrected chi connectivity index (χ0v) is 15.0. The summed E-state index contributed by atoms with van der Waals surface area (Å²) in [4.78, 5) is 26.7. The topological polar surface area (TPSA) is 69.6 Å². The molecule has 5 nitrogen and oxygen atoms in total. The molecule has 26 heavy (non-hydrogen) atoms. The van der Waals surface area contributed by atoms with Crippen LogP contribution < -0.4 is 5.32 Å². The SMILES string of the molecule is O=C(CN1CCCCC1C(=O)O)NC(c1ccc(F)cc1)c1cccs1. The Hall–Kier alpha value is -2.25. The lowest BCUT2D eigenvalue weighted by atomic mass is 10.0. The molecule has 1 amide bonds. The van der Waals surface area contributed by atoms with Crippen LogP contribution in [0.4, 0.5) is 4.39 Å². The number of benzene rings is 1. The summed E-state index contributed by atoms with van der Waals surface area (Å²) in [6.07, 6.45) is 2.32. The maximum atomic E-state index is 13.2. The Morgan fingerprint density at radius 3 is 2.69 bits per heavy atom. The normalized spacial score (nSPS) is 19.0. The van der Waals surface area contributed by atoms with Crippen LogP contribution >= 0.6 is 11.3 Å². The van der Waals surface area contributed by atoms with Gasteiger partial charge in [-0.15, -0.1) is 11.3 Å². The van der Waals surface area contributed by atoms with Crippen molar-refractivity contribution in [3.05, 3.63) is 58.0 Å². The quantitative estimate of drug-likeness (QED) is 0.813. The molecule has 2 heterocycles. The minimum atomic E-state index is -0.883. The van der Waals surface area contributed by atoms with Gasteiger partial charge < -0.3 is 10.4 Å². The highest BCUT2D eigenvalue weighted by atomic mass is 32.1. The zero-order chi connectivity index (χ0) is 18.5. The van der Waals surface area contributed by atoms with E-state index in [0.29, 0.717) is 13.0 Å². The zero-order valence-electron chi connectivity index (χ0n) is 14.2. The van der Waals surface area contributed by atoms with Crippen molar-refractivity contribution in [1.29, 1.82) is 0 Å². The molecule has 2 atom stereocenters. The van der Waals surface area contributed by atoms with Gasteiger partial charge in [0.1, 0.15) is 11.9 Å². The van der Waals surface area contributed by atoms with Crippen LogP contribution in [0.5, 0.6) is 0 Å². The van der Waals surface area contributed by atoms with E-state index >= 15 is 0 Å². The molecular weight excluding hydrogens is 355 g/mol. The molecule has 1 saturated heterocycles. The van der Waals surface area contributed by atoms with Crippen LogP contribution in [-0.4, -0.2) is 41.0 Å². The number of thiophene rings is 1. The minimum absolute atomic E-state index is 0.0417. The first-order valence-electron chi connectivity index (χ1n) is 8.59. The number of carbonyl (C=O) groups excluding carboxylic acids is 1. The Bertz CT molecular complexity index is 749. The average Bonchev–Trinajstić information content (AvgIpc) is 3.15. The number of rotatable bonds is 6. The molecule has 3 rings (SSSR count). The first kappa shape index (κ1) is 18.5. The highest BCUT2D eigenvalue weighted by Gasteiger charge is 2.30. The van der Waals surface area contributed by atoms with E-state index in [4.69, 9.17) is 0 Å². The summed E-state index contributed by atoms with van der Waals surface area (Å²) in [6.45, 7) is 0.643. The molecule has 0 bridgehead atoms. The van der Waals surface area contributed by atoms with Gasteiger partial charge in [0.15, 0.2) is 0 Å². The van der Waals surface area contributed by atoms with Crippen molar-refractivity contribution >= 4 is 23.2 Å². The third-order valence-corrected chi connectivity index (χ3v) is 5.52. The molecule has 0 radical (unpaired) electrons. The van der Waals surface area contributed by atoms with Crippen molar-refractivity contribution in [3.63, 3.8) is 0 Å². The number of carboxylic acids is 1. The summed E-state index contributed by atoms with van der Waals surface area (Å²) in [5.41, 5.74) is 0.788. The lowest BCUT2D eigenvalue weighted by Gasteiger charge is -2.32. The van der Waals surface area contributed by atoms with E-state index in [1.54, 1.807) is 17.0 Å². The molecule has 1 aliphatic heterocycles. The van der Waals surface area contributed by atoms with Crippen LogP contribution in [0.15, 0.2) is 41.8 Å². The van der Waals surface area contributed by atoms with Gasteiger partial charge >= 0.3 is 5.97 Å². The first-order valence-corrected chi connectivity index (χ1v) is 9.47. The van der Waals surface area contributed by atoms with E-state index in [2.05, 4.69) is 5.32 Å². The van der Waals surface area contributed by atoms with Crippen molar-refractivity contribution in [2.75, 3.05) is 13.1 Å². The van der Waals surface area contributed by atoms with Crippen LogP contribution in [0, 0.1) is 5.82 Å². The predicted molar refractivity (Wildman–Crippen MR) is 97.6 cm³/mol. The highest BCUT2D eigenvalue weighted by Crippen LogP contribution is 2.26. The molecule has 1 aromatic heterocycles. The third-order valence-electron chi connectivity index (χ3n) is 4.58. The van der Waals surface area contributed by atoms with Crippen molar-refractivity contribution in [1.82, 2.24) is 10.2 Å². The number of piperidine rings is 1. The first-order chi connectivity index (χ1) is 12.5. The number of carboxylic acid groups (broad SMARTS) is 1. The number of aliphatic carboxylic acids is 1. The molecule has 2 unspecified atom stereocenters. The van der Waals surface area contributed by atoms with E-state index in [9.17, 15) is 19.1 Å². The summed E-state index contributed by atoms with van der Waals surface area (Å²) in [5.74, 6) is -1.45. The second-order valence-corrected chi connectivity index (χ2v) is 7.37. The Morgan fingerprint density at radius 1 is 1.27 bits per heavy atom. The van der Waals surface area contributed by atoms with Gasteiger partial charge in [-0.2, -0.15) is 0 Å². The minimum Gasteiger partial charge on any atom is -0.480 e. The molecule has 0 aliphatic carbocycles. The summed E-state index contributed by atoms with van der Waals surface area (Å²) in [5, 5.41) is 14.2. The van der Waals surface area contributed by atoms with E-state index in [-0.39, 0.29) is 24.3 Å². The Kier molecular flexibility index (Phi) is 6.00. The number of nitrogens with one attached hydrogen (secondary N) is 1. The molecule has 1 aliphatic rings. The van der Waals surface area contributed by atoms with E-state index in [1.807, 2.05) is 17.5 Å². The van der Waals surface area contributed by atoms with E-state index in [0.717, 1.165) is 23.3 Å². The summed E-state index contributed by atoms with van der Waals surface area (Å²) < 4.78 is 13.2. The van der Waals surface area contributed by atoms with Crippen LogP contribution in [0.25, 0.3) is 0 Å². The van der Waals surface area contributed by atoms with Gasteiger partial charge in [0.05, 0.1) is 12.6 Å². The Labute approximate surface area is 155 Å². The van der Waals surface area contributed by atoms with Crippen LogP contribution in [0.2, 0.25) is 0 Å². The van der Waals surface area contributed by atoms with Gasteiger partial charge in [0, 0.05) is 4.88 Å².